The highest BCUT2D eigenvalue weighted by Gasteiger charge is 2.36. The Morgan fingerprint density at radius 1 is 0.933 bits per heavy atom. The molecule has 16 heteroatoms. The highest BCUT2D eigenvalue weighted by Crippen LogP contribution is 2.50. The highest BCUT2D eigenvalue weighted by atomic mass is 35.5. The molecular weight excluding hydrogens is 650 g/mol. The molecule has 0 bridgehead atoms. The van der Waals surface area contributed by atoms with Crippen molar-refractivity contribution < 1.29 is 37.6 Å². The van der Waals surface area contributed by atoms with Crippen LogP contribution >= 0.6 is 31.8 Å². The Morgan fingerprint density at radius 2 is 1.42 bits per heavy atom. The summed E-state index contributed by atoms with van der Waals surface area (Å²) in [5, 5.41) is 10.9. The number of carbonyl (C=O) groups is 2. The molecule has 0 radical (unpaired) electrons. The molecule has 13 nitrogen and oxygen atoms in total. The molecule has 2 saturated heterocycles. The summed E-state index contributed by atoms with van der Waals surface area (Å²) in [4.78, 5) is 40.7. The lowest BCUT2D eigenvalue weighted by Gasteiger charge is -2.23. The van der Waals surface area contributed by atoms with Gasteiger partial charge in [-0.2, -0.15) is 0 Å². The summed E-state index contributed by atoms with van der Waals surface area (Å²) >= 11 is 5.30. The van der Waals surface area contributed by atoms with E-state index in [4.69, 9.17) is 30.3 Å². The van der Waals surface area contributed by atoms with Crippen LogP contribution in [0.4, 0.5) is 5.69 Å². The van der Waals surface area contributed by atoms with E-state index in [1.807, 2.05) is 14.1 Å². The van der Waals surface area contributed by atoms with Gasteiger partial charge in [-0.1, -0.05) is 25.1 Å². The molecule has 1 N–H and O–H groups in total. The summed E-state index contributed by atoms with van der Waals surface area (Å²) in [6.07, 6.45) is 1.30. The van der Waals surface area contributed by atoms with Gasteiger partial charge in [0, 0.05) is 38.3 Å². The number of rotatable bonds is 12. The van der Waals surface area contributed by atoms with E-state index in [0.29, 0.717) is 12.3 Å². The number of carbonyl (C=O) groups excluding carboxylic acids is 2. The number of hydrogen-bond donors (Lipinski definition) is 1. The molecule has 0 aliphatic carbocycles. The van der Waals surface area contributed by atoms with E-state index in [1.165, 1.54) is 24.3 Å². The molecule has 0 aromatic heterocycles. The number of hydrogen-bond acceptors (Lipinski definition) is 12. The number of para-hydroxylation sites is 1. The number of likely N-dealkylation sites (tertiary alicyclic amines) is 2. The van der Waals surface area contributed by atoms with Crippen LogP contribution in [0.5, 0.6) is 11.5 Å². The van der Waals surface area contributed by atoms with Crippen LogP contribution in [0, 0.1) is 16.0 Å². The first-order valence-corrected chi connectivity index (χ1v) is 16.4. The largest absolute Gasteiger partial charge is 0.461 e. The van der Waals surface area contributed by atoms with E-state index in [1.54, 1.807) is 44.2 Å². The van der Waals surface area contributed by atoms with E-state index < -0.39 is 30.4 Å². The van der Waals surface area contributed by atoms with E-state index in [2.05, 4.69) is 14.6 Å². The second kappa shape index (κ2) is 18.3. The lowest BCUT2D eigenvalue weighted by molar-refractivity contribution is -0.384. The molecule has 2 aromatic rings. The van der Waals surface area contributed by atoms with Gasteiger partial charge in [0.15, 0.2) is 0 Å². The van der Waals surface area contributed by atoms with Crippen LogP contribution in [0.2, 0.25) is 0 Å². The minimum Gasteiger partial charge on any atom is -0.461 e. The molecule has 4 rings (SSSR count). The van der Waals surface area contributed by atoms with Gasteiger partial charge < -0.3 is 28.3 Å². The van der Waals surface area contributed by atoms with Gasteiger partial charge in [0.1, 0.15) is 29.7 Å². The average Bonchev–Trinajstić information content (AvgIpc) is 3.59. The molecule has 2 fully saturated rings. The Hall–Kier alpha value is -2.93. The van der Waals surface area contributed by atoms with Crippen molar-refractivity contribution in [2.45, 2.75) is 44.9 Å². The van der Waals surface area contributed by atoms with Crippen LogP contribution in [-0.4, -0.2) is 91.3 Å². The Labute approximate surface area is 274 Å². The van der Waals surface area contributed by atoms with Gasteiger partial charge in [-0.05, 0) is 69.9 Å². The van der Waals surface area contributed by atoms with Gasteiger partial charge in [-0.3, -0.25) is 19.7 Å². The van der Waals surface area contributed by atoms with Crippen molar-refractivity contribution >= 4 is 49.4 Å². The lowest BCUT2D eigenvalue weighted by atomic mass is 10.2. The molecule has 45 heavy (non-hydrogen) atoms. The number of nitro benzene ring substituents is 1. The zero-order valence-electron chi connectivity index (χ0n) is 25.7. The Balaban J connectivity index is 0.000000424. The van der Waals surface area contributed by atoms with E-state index in [0.717, 1.165) is 32.5 Å². The number of non-ortho nitro benzene ring substituents is 1. The number of likely N-dealkylation sites (N-methyl/N-ethyl adjacent to an activating group) is 2. The van der Waals surface area contributed by atoms with Crippen molar-refractivity contribution in [2.24, 2.45) is 5.92 Å². The SMILES string of the molecule is C[C@H](CP(=O)(Oc1ccccc1)Oc1ccc([N+](=O)[O-])cc1)C(=O)O[C@H]1CCN(C)C1.C[C@H](NCl)C(=O)O[C@H]1CCN(C)C1.Cl. The molecule has 0 spiro atoms. The molecule has 250 valence electrons. The number of nitrogens with zero attached hydrogens (tertiary/aromatic N) is 3. The van der Waals surface area contributed by atoms with E-state index >= 15 is 0 Å². The normalized spacial score (nSPS) is 20.7. The van der Waals surface area contributed by atoms with Gasteiger partial charge in [-0.15, -0.1) is 12.4 Å². The van der Waals surface area contributed by atoms with Gasteiger partial charge in [0.05, 0.1) is 17.0 Å². The van der Waals surface area contributed by atoms with Gasteiger partial charge in [0.25, 0.3) is 5.69 Å². The number of esters is 2. The molecule has 2 heterocycles. The van der Waals surface area contributed by atoms with E-state index in [-0.39, 0.29) is 48.2 Å². The Morgan fingerprint density at radius 3 is 1.87 bits per heavy atom. The molecule has 0 amide bonds. The lowest BCUT2D eigenvalue weighted by Crippen LogP contribution is -2.33. The fourth-order valence-corrected chi connectivity index (χ4v) is 6.49. The summed E-state index contributed by atoms with van der Waals surface area (Å²) in [6, 6.07) is 13.2. The average molecular weight is 692 g/mol. The van der Waals surface area contributed by atoms with Crippen LogP contribution in [0.15, 0.2) is 54.6 Å². The summed E-state index contributed by atoms with van der Waals surface area (Å²) in [7, 11) is 0.117. The third kappa shape index (κ3) is 12.8. The van der Waals surface area contributed by atoms with Crippen molar-refractivity contribution in [3.05, 3.63) is 64.7 Å². The van der Waals surface area contributed by atoms with Crippen LogP contribution in [0.25, 0.3) is 0 Å². The number of halogens is 2. The predicted molar refractivity (Wildman–Crippen MR) is 172 cm³/mol. The Bertz CT molecular complexity index is 1290. The third-order valence-electron chi connectivity index (χ3n) is 6.96. The van der Waals surface area contributed by atoms with Crippen molar-refractivity contribution in [2.75, 3.05) is 46.4 Å². The molecule has 0 saturated carbocycles. The quantitative estimate of drug-likeness (QED) is 0.106. The van der Waals surface area contributed by atoms with Gasteiger partial charge in [0.2, 0.25) is 0 Å². The first-order valence-electron chi connectivity index (χ1n) is 14.3. The summed E-state index contributed by atoms with van der Waals surface area (Å²) in [5.74, 6) is -1.02. The monoisotopic (exact) mass is 690 g/mol. The van der Waals surface area contributed by atoms with Crippen LogP contribution in [0.3, 0.4) is 0 Å². The van der Waals surface area contributed by atoms with Crippen molar-refractivity contribution in [3.8, 4) is 11.5 Å². The number of ether oxygens (including phenoxy) is 2. The molecule has 5 atom stereocenters. The minimum absolute atomic E-state index is 0. The zero-order valence-corrected chi connectivity index (χ0v) is 28.2. The van der Waals surface area contributed by atoms with Crippen LogP contribution in [0.1, 0.15) is 26.7 Å². The van der Waals surface area contributed by atoms with Gasteiger partial charge >= 0.3 is 19.5 Å². The van der Waals surface area contributed by atoms with E-state index in [9.17, 15) is 24.3 Å². The number of benzene rings is 2. The molecular formula is C29H41Cl2N4O9P. The number of nitro groups is 1. The van der Waals surface area contributed by atoms with Crippen LogP contribution < -0.4 is 13.9 Å². The first-order chi connectivity index (χ1) is 20.9. The van der Waals surface area contributed by atoms with Crippen LogP contribution in [-0.2, 0) is 23.6 Å². The predicted octanol–water partition coefficient (Wildman–Crippen LogP) is 4.92. The summed E-state index contributed by atoms with van der Waals surface area (Å²) < 4.78 is 35.6. The minimum atomic E-state index is -3.85. The van der Waals surface area contributed by atoms with Crippen molar-refractivity contribution in [1.82, 2.24) is 14.6 Å². The molecule has 2 aliphatic rings. The maximum atomic E-state index is 13.6. The topological polar surface area (TPSA) is 150 Å². The fraction of sp³-hybridized carbons (Fsp3) is 0.517. The Kier molecular flexibility index (Phi) is 15.5. The highest BCUT2D eigenvalue weighted by molar-refractivity contribution is 7.54. The standard InChI is InChI=1S/C21H25N2O7P.C8H15ClN2O2.ClH/c1-16(21(24)28-20-12-13-22(2)14-20)15-31(27,29-18-6-4-3-5-7-18)30-19-10-8-17(9-11-19)23(25)26;1-6(10-9)8(12)13-7-3-4-11(2)5-7;/h3-11,16,20H,12-15H2,1-2H3;6-7,10H,3-5H2,1-2H3;1H/t16-,20+,31?;6-,7-;/m10./s1. The fourth-order valence-electron chi connectivity index (χ4n) is 4.51. The third-order valence-corrected chi connectivity index (χ3v) is 9.26. The smallest absolute Gasteiger partial charge is 0.431 e. The van der Waals surface area contributed by atoms with Crippen molar-refractivity contribution in [1.29, 1.82) is 0 Å². The molecule has 2 aliphatic heterocycles. The van der Waals surface area contributed by atoms with Crippen molar-refractivity contribution in [3.63, 3.8) is 0 Å². The second-order valence-electron chi connectivity index (χ2n) is 11.0. The summed E-state index contributed by atoms with van der Waals surface area (Å²) in [5.41, 5.74) is -0.121. The first kappa shape index (κ1) is 38.3. The maximum Gasteiger partial charge on any atom is 0.431 e. The summed E-state index contributed by atoms with van der Waals surface area (Å²) in [6.45, 7) is 6.61. The second-order valence-corrected chi connectivity index (χ2v) is 13.2. The van der Waals surface area contributed by atoms with Gasteiger partial charge in [-0.25, -0.2) is 9.40 Å². The zero-order chi connectivity index (χ0) is 32.3. The molecule has 2 aromatic carbocycles. The number of nitrogens with one attached hydrogen (secondary N) is 1. The molecule has 1 unspecified atom stereocenters. The maximum absolute atomic E-state index is 13.6.